The van der Waals surface area contributed by atoms with Crippen molar-refractivity contribution in [3.05, 3.63) is 71.0 Å². The number of nitrogens with zero attached hydrogens (tertiary/aromatic N) is 1. The molecule has 0 unspecified atom stereocenters. The number of thiazole rings is 1. The van der Waals surface area contributed by atoms with Crippen LogP contribution in [0.4, 0.5) is 9.52 Å². The van der Waals surface area contributed by atoms with E-state index in [9.17, 15) is 14.0 Å². The summed E-state index contributed by atoms with van der Waals surface area (Å²) in [4.78, 5) is 27.2. The quantitative estimate of drug-likeness (QED) is 0.673. The van der Waals surface area contributed by atoms with Crippen molar-refractivity contribution in [2.75, 3.05) is 5.32 Å². The lowest BCUT2D eigenvalue weighted by Crippen LogP contribution is -2.23. The number of carbonyl (C=O) groups excluding carboxylic acids is 2. The summed E-state index contributed by atoms with van der Waals surface area (Å²) in [5.74, 6) is 0.263. The Bertz CT molecular complexity index is 940. The summed E-state index contributed by atoms with van der Waals surface area (Å²) >= 11 is 1.19. The Balaban J connectivity index is 1.53. The summed E-state index contributed by atoms with van der Waals surface area (Å²) < 4.78 is 18.5. The molecule has 138 valence electrons. The Hall–Kier alpha value is -3.26. The lowest BCUT2D eigenvalue weighted by atomic mass is 10.2. The zero-order chi connectivity index (χ0) is 19.2. The van der Waals surface area contributed by atoms with Gasteiger partial charge in [0, 0.05) is 18.8 Å². The van der Waals surface area contributed by atoms with Crippen molar-refractivity contribution in [1.82, 2.24) is 10.3 Å². The van der Waals surface area contributed by atoms with E-state index in [1.54, 1.807) is 29.6 Å². The Morgan fingerprint density at radius 1 is 1.07 bits per heavy atom. The second-order valence-corrected chi connectivity index (χ2v) is 6.46. The molecular weight excluding hydrogens is 369 g/mol. The zero-order valence-electron chi connectivity index (χ0n) is 14.4. The van der Waals surface area contributed by atoms with Gasteiger partial charge < -0.3 is 15.4 Å². The fourth-order valence-corrected chi connectivity index (χ4v) is 2.91. The predicted molar refractivity (Wildman–Crippen MR) is 101 cm³/mol. The van der Waals surface area contributed by atoms with Gasteiger partial charge >= 0.3 is 0 Å². The van der Waals surface area contributed by atoms with Gasteiger partial charge in [0.25, 0.3) is 5.91 Å². The number of benzene rings is 2. The van der Waals surface area contributed by atoms with E-state index in [0.717, 1.165) is 5.56 Å². The van der Waals surface area contributed by atoms with Crippen LogP contribution in [0.5, 0.6) is 11.5 Å². The highest BCUT2D eigenvalue weighted by Crippen LogP contribution is 2.22. The molecule has 0 aliphatic heterocycles. The molecule has 2 N–H and O–H groups in total. The van der Waals surface area contributed by atoms with Crippen LogP contribution in [0.15, 0.2) is 53.9 Å². The predicted octanol–water partition coefficient (Wildman–Crippen LogP) is 3.96. The molecule has 1 aromatic heterocycles. The maximum atomic E-state index is 12.9. The maximum Gasteiger partial charge on any atom is 0.271 e. The minimum Gasteiger partial charge on any atom is -0.457 e. The lowest BCUT2D eigenvalue weighted by Gasteiger charge is -2.07. The number of amides is 2. The average molecular weight is 385 g/mol. The number of anilines is 1. The number of halogens is 1. The molecule has 27 heavy (non-hydrogen) atoms. The number of rotatable bonds is 6. The van der Waals surface area contributed by atoms with Crippen molar-refractivity contribution >= 4 is 28.3 Å². The Kier molecular flexibility index (Phi) is 5.77. The van der Waals surface area contributed by atoms with Gasteiger partial charge in [0.15, 0.2) is 5.13 Å². The summed E-state index contributed by atoms with van der Waals surface area (Å²) in [7, 11) is 0. The molecule has 1 heterocycles. The van der Waals surface area contributed by atoms with Crippen LogP contribution in [-0.2, 0) is 11.3 Å². The molecule has 3 rings (SSSR count). The number of nitrogens with one attached hydrogen (secondary N) is 2. The standard InChI is InChI=1S/C19H16FN3O3S/c1-12(24)22-19-23-17(11-27-19)18(25)21-10-13-2-6-15(7-3-13)26-16-8-4-14(20)5-9-16/h2-9,11H,10H2,1H3,(H,21,25)(H,22,23,24). The van der Waals surface area contributed by atoms with Gasteiger partial charge in [-0.15, -0.1) is 11.3 Å². The SMILES string of the molecule is CC(=O)Nc1nc(C(=O)NCc2ccc(Oc3ccc(F)cc3)cc2)cs1. The second-order valence-electron chi connectivity index (χ2n) is 5.60. The maximum absolute atomic E-state index is 12.9. The molecular formula is C19H16FN3O3S. The lowest BCUT2D eigenvalue weighted by molar-refractivity contribution is -0.114. The molecule has 2 aromatic carbocycles. The van der Waals surface area contributed by atoms with Gasteiger partial charge in [-0.25, -0.2) is 9.37 Å². The fraction of sp³-hybridized carbons (Fsp3) is 0.105. The number of hydrogen-bond donors (Lipinski definition) is 2. The summed E-state index contributed by atoms with van der Waals surface area (Å²) in [5.41, 5.74) is 1.13. The molecule has 0 spiro atoms. The Morgan fingerprint density at radius 3 is 2.33 bits per heavy atom. The van der Waals surface area contributed by atoms with Crippen molar-refractivity contribution in [3.63, 3.8) is 0 Å². The van der Waals surface area contributed by atoms with Gasteiger partial charge in [-0.05, 0) is 42.0 Å². The molecule has 0 radical (unpaired) electrons. The average Bonchev–Trinajstić information content (AvgIpc) is 3.10. The van der Waals surface area contributed by atoms with Crippen LogP contribution in [0.25, 0.3) is 0 Å². The third-order valence-electron chi connectivity index (χ3n) is 3.45. The number of ether oxygens (including phenoxy) is 1. The van der Waals surface area contributed by atoms with E-state index in [1.165, 1.54) is 30.4 Å². The number of carbonyl (C=O) groups is 2. The van der Waals surface area contributed by atoms with Crippen LogP contribution in [0, 0.1) is 5.82 Å². The third kappa shape index (κ3) is 5.35. The summed E-state index contributed by atoms with van der Waals surface area (Å²) in [6.45, 7) is 1.70. The first kappa shape index (κ1) is 18.5. The third-order valence-corrected chi connectivity index (χ3v) is 4.20. The highest BCUT2D eigenvalue weighted by Gasteiger charge is 2.11. The summed E-state index contributed by atoms with van der Waals surface area (Å²) in [6.07, 6.45) is 0. The first-order chi connectivity index (χ1) is 13.0. The molecule has 0 aliphatic carbocycles. The Morgan fingerprint density at radius 2 is 1.70 bits per heavy atom. The van der Waals surface area contributed by atoms with Crippen molar-refractivity contribution in [3.8, 4) is 11.5 Å². The monoisotopic (exact) mass is 385 g/mol. The smallest absolute Gasteiger partial charge is 0.271 e. The van der Waals surface area contributed by atoms with Crippen LogP contribution in [0.2, 0.25) is 0 Å². The van der Waals surface area contributed by atoms with Crippen LogP contribution in [-0.4, -0.2) is 16.8 Å². The van der Waals surface area contributed by atoms with E-state index in [0.29, 0.717) is 23.2 Å². The van der Waals surface area contributed by atoms with E-state index in [-0.39, 0.29) is 23.3 Å². The topological polar surface area (TPSA) is 80.3 Å². The summed E-state index contributed by atoms with van der Waals surface area (Å²) in [5, 5.41) is 7.27. The minimum atomic E-state index is -0.325. The fourth-order valence-electron chi connectivity index (χ4n) is 2.17. The van der Waals surface area contributed by atoms with Gasteiger partial charge in [0.05, 0.1) is 0 Å². The highest BCUT2D eigenvalue weighted by atomic mass is 32.1. The molecule has 0 atom stereocenters. The van der Waals surface area contributed by atoms with Crippen molar-refractivity contribution < 1.29 is 18.7 Å². The van der Waals surface area contributed by atoms with Crippen molar-refractivity contribution in [2.45, 2.75) is 13.5 Å². The van der Waals surface area contributed by atoms with Gasteiger partial charge in [-0.3, -0.25) is 9.59 Å². The molecule has 0 saturated carbocycles. The molecule has 0 saturated heterocycles. The van der Waals surface area contributed by atoms with E-state index in [1.807, 2.05) is 12.1 Å². The van der Waals surface area contributed by atoms with E-state index < -0.39 is 0 Å². The molecule has 3 aromatic rings. The van der Waals surface area contributed by atoms with E-state index in [4.69, 9.17) is 4.74 Å². The molecule has 2 amide bonds. The largest absolute Gasteiger partial charge is 0.457 e. The van der Waals surface area contributed by atoms with Crippen LogP contribution in [0.1, 0.15) is 23.0 Å². The van der Waals surface area contributed by atoms with Crippen LogP contribution < -0.4 is 15.4 Å². The molecule has 0 aliphatic rings. The van der Waals surface area contributed by atoms with Crippen LogP contribution >= 0.6 is 11.3 Å². The van der Waals surface area contributed by atoms with Gasteiger partial charge in [-0.2, -0.15) is 0 Å². The van der Waals surface area contributed by atoms with Gasteiger partial charge in [-0.1, -0.05) is 12.1 Å². The first-order valence-corrected chi connectivity index (χ1v) is 8.91. The normalized spacial score (nSPS) is 10.3. The Labute approximate surface area is 159 Å². The van der Waals surface area contributed by atoms with E-state index in [2.05, 4.69) is 15.6 Å². The zero-order valence-corrected chi connectivity index (χ0v) is 15.2. The number of hydrogen-bond acceptors (Lipinski definition) is 5. The molecule has 0 bridgehead atoms. The van der Waals surface area contributed by atoms with Gasteiger partial charge in [0.2, 0.25) is 5.91 Å². The molecule has 0 fully saturated rings. The molecule has 8 heteroatoms. The second kappa shape index (κ2) is 8.41. The van der Waals surface area contributed by atoms with E-state index >= 15 is 0 Å². The van der Waals surface area contributed by atoms with Crippen molar-refractivity contribution in [1.29, 1.82) is 0 Å². The van der Waals surface area contributed by atoms with Crippen LogP contribution in [0.3, 0.4) is 0 Å². The van der Waals surface area contributed by atoms with Crippen molar-refractivity contribution in [2.24, 2.45) is 0 Å². The summed E-state index contributed by atoms with van der Waals surface area (Å²) in [6, 6.07) is 12.9. The highest BCUT2D eigenvalue weighted by molar-refractivity contribution is 7.14. The number of aromatic nitrogens is 1. The van der Waals surface area contributed by atoms with Gasteiger partial charge in [0.1, 0.15) is 23.0 Å². The first-order valence-electron chi connectivity index (χ1n) is 8.03. The molecule has 6 nitrogen and oxygen atoms in total. The minimum absolute atomic E-state index is 0.237.